The highest BCUT2D eigenvalue weighted by Gasteiger charge is 2.27. The normalized spacial score (nSPS) is 21.7. The van der Waals surface area contributed by atoms with Crippen molar-refractivity contribution in [1.82, 2.24) is 10.2 Å². The van der Waals surface area contributed by atoms with Crippen molar-refractivity contribution >= 4 is 12.1 Å². The summed E-state index contributed by atoms with van der Waals surface area (Å²) >= 11 is 0. The van der Waals surface area contributed by atoms with Gasteiger partial charge in [0.15, 0.2) is 5.96 Å². The number of amides is 1. The van der Waals surface area contributed by atoms with Gasteiger partial charge in [0.2, 0.25) is 0 Å². The number of hydrogen-bond acceptors (Lipinski definition) is 3. The molecule has 0 aromatic heterocycles. The summed E-state index contributed by atoms with van der Waals surface area (Å²) in [6.07, 6.45) is 1.66. The molecule has 0 aromatic carbocycles. The highest BCUT2D eigenvalue weighted by Crippen LogP contribution is 2.15. The lowest BCUT2D eigenvalue weighted by molar-refractivity contribution is 0.0194. The van der Waals surface area contributed by atoms with Crippen molar-refractivity contribution in [2.45, 2.75) is 45.3 Å². The van der Waals surface area contributed by atoms with Gasteiger partial charge in [-0.25, -0.2) is 4.79 Å². The predicted molar refractivity (Wildman–Crippen MR) is 71.5 cm³/mol. The Bertz CT molecular complexity index is 323. The second kappa shape index (κ2) is 5.93. The van der Waals surface area contributed by atoms with Gasteiger partial charge in [-0.2, -0.15) is 0 Å². The summed E-state index contributed by atoms with van der Waals surface area (Å²) < 4.78 is 5.35. The molecule has 104 valence electrons. The number of guanidine groups is 1. The number of likely N-dealkylation sites (tertiary alicyclic amines) is 1. The third-order valence-electron chi connectivity index (χ3n) is 2.67. The van der Waals surface area contributed by atoms with E-state index in [9.17, 15) is 4.79 Å². The molecular weight excluding hydrogens is 232 g/mol. The minimum absolute atomic E-state index is 0.148. The van der Waals surface area contributed by atoms with Gasteiger partial charge in [0, 0.05) is 26.2 Å². The van der Waals surface area contributed by atoms with Crippen LogP contribution in [0.3, 0.4) is 0 Å². The molecule has 18 heavy (non-hydrogen) atoms. The molecule has 0 bridgehead atoms. The second-order valence-electron chi connectivity index (χ2n) is 5.52. The molecule has 0 saturated carbocycles. The Hall–Kier alpha value is -1.46. The van der Waals surface area contributed by atoms with E-state index in [0.29, 0.717) is 12.5 Å². The van der Waals surface area contributed by atoms with Crippen LogP contribution in [0.15, 0.2) is 4.99 Å². The molecule has 0 radical (unpaired) electrons. The molecule has 6 heteroatoms. The molecule has 1 atom stereocenters. The van der Waals surface area contributed by atoms with Crippen LogP contribution in [0.2, 0.25) is 0 Å². The van der Waals surface area contributed by atoms with E-state index in [0.717, 1.165) is 19.4 Å². The Morgan fingerprint density at radius 2 is 2.17 bits per heavy atom. The highest BCUT2D eigenvalue weighted by molar-refractivity contribution is 5.78. The molecule has 0 spiro atoms. The number of aliphatic imine (C=N–C) groups is 1. The van der Waals surface area contributed by atoms with Crippen molar-refractivity contribution in [3.63, 3.8) is 0 Å². The quantitative estimate of drug-likeness (QED) is 0.540. The molecule has 1 amide bonds. The monoisotopic (exact) mass is 256 g/mol. The zero-order valence-corrected chi connectivity index (χ0v) is 11.7. The van der Waals surface area contributed by atoms with Crippen LogP contribution in [0.5, 0.6) is 0 Å². The first-order chi connectivity index (χ1) is 8.31. The van der Waals surface area contributed by atoms with Crippen LogP contribution in [0.4, 0.5) is 4.79 Å². The summed E-state index contributed by atoms with van der Waals surface area (Å²) in [6.45, 7) is 6.94. The molecular formula is C12H24N4O2. The average Bonchev–Trinajstić information content (AvgIpc) is 2.27. The summed E-state index contributed by atoms with van der Waals surface area (Å²) in [5.41, 5.74) is 5.17. The van der Waals surface area contributed by atoms with Gasteiger partial charge in [0.05, 0.1) is 0 Å². The summed E-state index contributed by atoms with van der Waals surface area (Å²) in [7, 11) is 1.64. The standard InChI is InChI=1S/C12H24N4O2/c1-12(2,3)18-11(17)16-7-5-6-9(8-16)15-10(13)14-4/h9H,5-8H2,1-4H3,(H3,13,14,15)/t9-/m1/s1. The number of nitrogens with two attached hydrogens (primary N) is 1. The Balaban J connectivity index is 2.50. The van der Waals surface area contributed by atoms with Crippen molar-refractivity contribution in [2.24, 2.45) is 10.7 Å². The average molecular weight is 256 g/mol. The van der Waals surface area contributed by atoms with Gasteiger partial charge in [-0.3, -0.25) is 4.99 Å². The second-order valence-corrected chi connectivity index (χ2v) is 5.52. The van der Waals surface area contributed by atoms with E-state index < -0.39 is 5.60 Å². The highest BCUT2D eigenvalue weighted by atomic mass is 16.6. The number of ether oxygens (including phenoxy) is 1. The van der Waals surface area contributed by atoms with E-state index in [1.165, 1.54) is 0 Å². The van der Waals surface area contributed by atoms with Crippen molar-refractivity contribution in [3.8, 4) is 0 Å². The number of nitrogens with one attached hydrogen (secondary N) is 1. The lowest BCUT2D eigenvalue weighted by atomic mass is 10.1. The minimum Gasteiger partial charge on any atom is -0.444 e. The van der Waals surface area contributed by atoms with Crippen LogP contribution in [0.25, 0.3) is 0 Å². The topological polar surface area (TPSA) is 80.0 Å². The molecule has 1 fully saturated rings. The molecule has 0 aromatic rings. The number of nitrogens with zero attached hydrogens (tertiary/aromatic N) is 2. The zero-order chi connectivity index (χ0) is 13.8. The smallest absolute Gasteiger partial charge is 0.410 e. The Morgan fingerprint density at radius 3 is 2.72 bits per heavy atom. The lowest BCUT2D eigenvalue weighted by Crippen LogP contribution is -2.52. The van der Waals surface area contributed by atoms with E-state index in [1.54, 1.807) is 11.9 Å². The number of hydrogen-bond donors (Lipinski definition) is 2. The summed E-state index contributed by atoms with van der Waals surface area (Å²) in [5.74, 6) is 0.408. The van der Waals surface area contributed by atoms with Crippen molar-refractivity contribution < 1.29 is 9.53 Å². The van der Waals surface area contributed by atoms with Gasteiger partial charge < -0.3 is 20.7 Å². The van der Waals surface area contributed by atoms with Crippen LogP contribution in [0, 0.1) is 0 Å². The maximum absolute atomic E-state index is 11.9. The molecule has 1 aliphatic rings. The molecule has 6 nitrogen and oxygen atoms in total. The van der Waals surface area contributed by atoms with E-state index in [2.05, 4.69) is 10.3 Å². The molecule has 1 aliphatic heterocycles. The van der Waals surface area contributed by atoms with E-state index in [-0.39, 0.29) is 12.1 Å². The maximum Gasteiger partial charge on any atom is 0.410 e. The zero-order valence-electron chi connectivity index (χ0n) is 11.7. The van der Waals surface area contributed by atoms with Crippen LogP contribution in [-0.2, 0) is 4.74 Å². The summed E-state index contributed by atoms with van der Waals surface area (Å²) in [4.78, 5) is 17.5. The Kier molecular flexibility index (Phi) is 4.81. The van der Waals surface area contributed by atoms with Gasteiger partial charge in [0.1, 0.15) is 5.60 Å². The SMILES string of the molecule is CN=C(N)N[C@@H]1CCCN(C(=O)OC(C)(C)C)C1. The fourth-order valence-electron chi connectivity index (χ4n) is 1.86. The predicted octanol–water partition coefficient (Wildman–Crippen LogP) is 0.920. The molecule has 1 saturated heterocycles. The van der Waals surface area contributed by atoms with Crippen molar-refractivity contribution in [3.05, 3.63) is 0 Å². The van der Waals surface area contributed by atoms with Crippen molar-refractivity contribution in [1.29, 1.82) is 0 Å². The first-order valence-corrected chi connectivity index (χ1v) is 6.28. The molecule has 1 heterocycles. The van der Waals surface area contributed by atoms with Crippen LogP contribution >= 0.6 is 0 Å². The molecule has 0 aliphatic carbocycles. The number of carbonyl (C=O) groups is 1. The third-order valence-corrected chi connectivity index (χ3v) is 2.67. The molecule has 0 unspecified atom stereocenters. The van der Waals surface area contributed by atoms with Crippen molar-refractivity contribution in [2.75, 3.05) is 20.1 Å². The molecule has 3 N–H and O–H groups in total. The number of rotatable bonds is 1. The van der Waals surface area contributed by atoms with Gasteiger partial charge in [-0.15, -0.1) is 0 Å². The van der Waals surface area contributed by atoms with E-state index in [4.69, 9.17) is 10.5 Å². The first-order valence-electron chi connectivity index (χ1n) is 6.28. The van der Waals surface area contributed by atoms with E-state index >= 15 is 0 Å². The molecule has 1 rings (SSSR count). The largest absolute Gasteiger partial charge is 0.444 e. The van der Waals surface area contributed by atoms with Crippen LogP contribution in [-0.4, -0.2) is 48.7 Å². The number of carbonyl (C=O) groups excluding carboxylic acids is 1. The third kappa shape index (κ3) is 4.81. The first kappa shape index (κ1) is 14.6. The van der Waals surface area contributed by atoms with Crippen LogP contribution < -0.4 is 11.1 Å². The Labute approximate surface area is 109 Å². The minimum atomic E-state index is -0.457. The number of piperidine rings is 1. The fourth-order valence-corrected chi connectivity index (χ4v) is 1.86. The van der Waals surface area contributed by atoms with Gasteiger partial charge >= 0.3 is 6.09 Å². The van der Waals surface area contributed by atoms with Gasteiger partial charge in [-0.1, -0.05) is 0 Å². The van der Waals surface area contributed by atoms with E-state index in [1.807, 2.05) is 20.8 Å². The van der Waals surface area contributed by atoms with Crippen LogP contribution in [0.1, 0.15) is 33.6 Å². The van der Waals surface area contributed by atoms with Gasteiger partial charge in [-0.05, 0) is 33.6 Å². The summed E-state index contributed by atoms with van der Waals surface area (Å²) in [5, 5.41) is 3.09. The Morgan fingerprint density at radius 1 is 1.50 bits per heavy atom. The fraction of sp³-hybridized carbons (Fsp3) is 0.833. The van der Waals surface area contributed by atoms with Gasteiger partial charge in [0.25, 0.3) is 0 Å². The summed E-state index contributed by atoms with van der Waals surface area (Å²) in [6, 6.07) is 0.148. The lowest BCUT2D eigenvalue weighted by Gasteiger charge is -2.34. The maximum atomic E-state index is 11.9.